The number of aromatic nitrogens is 2. The minimum atomic E-state index is 0. The van der Waals surface area contributed by atoms with Crippen LogP contribution in [0.5, 0.6) is 0 Å². The van der Waals surface area contributed by atoms with Gasteiger partial charge in [-0.1, -0.05) is 12.1 Å². The summed E-state index contributed by atoms with van der Waals surface area (Å²) in [5.74, 6) is 0.838. The van der Waals surface area contributed by atoms with E-state index >= 15 is 0 Å². The SMILES string of the molecule is CN=C(NCCCN1CCN(c2cccc(C)c2)CC1)NCc1ccnn1C.I. The van der Waals surface area contributed by atoms with Gasteiger partial charge in [0.05, 0.1) is 12.2 Å². The molecule has 2 heterocycles. The Bertz CT molecular complexity index is 766. The molecule has 0 spiro atoms. The highest BCUT2D eigenvalue weighted by Gasteiger charge is 2.16. The third-order valence-electron chi connectivity index (χ3n) is 5.27. The Morgan fingerprint density at radius 3 is 2.59 bits per heavy atom. The first-order valence-electron chi connectivity index (χ1n) is 10.1. The molecule has 2 aromatic rings. The van der Waals surface area contributed by atoms with Crippen LogP contribution in [-0.2, 0) is 13.6 Å². The summed E-state index contributed by atoms with van der Waals surface area (Å²) < 4.78 is 1.87. The number of anilines is 1. The van der Waals surface area contributed by atoms with Crippen LogP contribution in [0.25, 0.3) is 0 Å². The Morgan fingerprint density at radius 2 is 1.93 bits per heavy atom. The van der Waals surface area contributed by atoms with Gasteiger partial charge in [0.25, 0.3) is 0 Å². The van der Waals surface area contributed by atoms with Crippen LogP contribution in [0, 0.1) is 6.92 Å². The van der Waals surface area contributed by atoms with Crippen molar-refractivity contribution in [2.75, 3.05) is 51.2 Å². The molecule has 0 atom stereocenters. The molecule has 0 amide bonds. The molecule has 1 aromatic carbocycles. The van der Waals surface area contributed by atoms with Crippen LogP contribution in [0.3, 0.4) is 0 Å². The maximum absolute atomic E-state index is 4.30. The van der Waals surface area contributed by atoms with E-state index in [9.17, 15) is 0 Å². The lowest BCUT2D eigenvalue weighted by Gasteiger charge is -2.36. The normalized spacial score (nSPS) is 15.1. The zero-order valence-corrected chi connectivity index (χ0v) is 20.1. The predicted molar refractivity (Wildman–Crippen MR) is 131 cm³/mol. The topological polar surface area (TPSA) is 60.7 Å². The summed E-state index contributed by atoms with van der Waals surface area (Å²) in [6, 6.07) is 10.8. The highest BCUT2D eigenvalue weighted by molar-refractivity contribution is 14.0. The number of halogens is 1. The molecule has 1 aliphatic rings. The fraction of sp³-hybridized carbons (Fsp3) is 0.524. The number of aliphatic imine (C=N–C) groups is 1. The molecule has 2 N–H and O–H groups in total. The van der Waals surface area contributed by atoms with Gasteiger partial charge in [0.15, 0.2) is 5.96 Å². The molecular formula is C21H34IN7. The molecule has 7 nitrogen and oxygen atoms in total. The van der Waals surface area contributed by atoms with Gasteiger partial charge in [0.1, 0.15) is 0 Å². The first kappa shape index (κ1) is 23.5. The van der Waals surface area contributed by atoms with Crippen molar-refractivity contribution in [3.8, 4) is 0 Å². The number of hydrogen-bond acceptors (Lipinski definition) is 4. The molecule has 1 saturated heterocycles. The number of guanidine groups is 1. The van der Waals surface area contributed by atoms with E-state index in [-0.39, 0.29) is 24.0 Å². The molecule has 29 heavy (non-hydrogen) atoms. The van der Waals surface area contributed by atoms with Crippen LogP contribution in [-0.4, -0.2) is 67.0 Å². The summed E-state index contributed by atoms with van der Waals surface area (Å²) in [4.78, 5) is 9.34. The number of piperazine rings is 1. The quantitative estimate of drug-likeness (QED) is 0.259. The standard InChI is InChI=1S/C21H33N7.HI/c1-18-6-4-7-19(16-18)28-14-12-27(13-15-28)11-5-9-23-21(22-2)24-17-20-8-10-25-26(20)3;/h4,6-8,10,16H,5,9,11-15,17H2,1-3H3,(H2,22,23,24);1H. The van der Waals surface area contributed by atoms with Gasteiger partial charge in [-0.25, -0.2) is 0 Å². The highest BCUT2D eigenvalue weighted by Crippen LogP contribution is 2.17. The largest absolute Gasteiger partial charge is 0.369 e. The molecule has 0 aliphatic carbocycles. The summed E-state index contributed by atoms with van der Waals surface area (Å²) >= 11 is 0. The van der Waals surface area contributed by atoms with Crippen molar-refractivity contribution in [1.82, 2.24) is 25.3 Å². The van der Waals surface area contributed by atoms with E-state index in [1.807, 2.05) is 31.0 Å². The number of benzene rings is 1. The lowest BCUT2D eigenvalue weighted by Crippen LogP contribution is -2.47. The minimum Gasteiger partial charge on any atom is -0.369 e. The molecule has 1 aliphatic heterocycles. The number of rotatable bonds is 7. The van der Waals surface area contributed by atoms with Crippen molar-refractivity contribution in [2.24, 2.45) is 12.0 Å². The summed E-state index contributed by atoms with van der Waals surface area (Å²) in [6.45, 7) is 9.37. The third-order valence-corrected chi connectivity index (χ3v) is 5.27. The predicted octanol–water partition coefficient (Wildman–Crippen LogP) is 2.22. The van der Waals surface area contributed by atoms with Gasteiger partial charge >= 0.3 is 0 Å². The Hall–Kier alpha value is -1.81. The van der Waals surface area contributed by atoms with Crippen LogP contribution in [0.2, 0.25) is 0 Å². The molecule has 0 bridgehead atoms. The van der Waals surface area contributed by atoms with Crippen molar-refractivity contribution >= 4 is 35.6 Å². The average Bonchev–Trinajstić information content (AvgIpc) is 3.13. The summed E-state index contributed by atoms with van der Waals surface area (Å²) in [7, 11) is 3.76. The molecule has 0 unspecified atom stereocenters. The second-order valence-electron chi connectivity index (χ2n) is 7.32. The van der Waals surface area contributed by atoms with E-state index in [1.165, 1.54) is 11.3 Å². The number of nitrogens with one attached hydrogen (secondary N) is 2. The van der Waals surface area contributed by atoms with Crippen molar-refractivity contribution in [1.29, 1.82) is 0 Å². The van der Waals surface area contributed by atoms with Gasteiger partial charge in [-0.15, -0.1) is 24.0 Å². The van der Waals surface area contributed by atoms with E-state index in [0.717, 1.165) is 63.9 Å². The van der Waals surface area contributed by atoms with Gasteiger partial charge in [0.2, 0.25) is 0 Å². The van der Waals surface area contributed by atoms with E-state index < -0.39 is 0 Å². The maximum atomic E-state index is 4.30. The lowest BCUT2D eigenvalue weighted by molar-refractivity contribution is 0.255. The Balaban J connectivity index is 0.00000300. The molecule has 1 fully saturated rings. The van der Waals surface area contributed by atoms with Gasteiger partial charge < -0.3 is 15.5 Å². The fourth-order valence-electron chi connectivity index (χ4n) is 3.53. The van der Waals surface area contributed by atoms with Crippen LogP contribution < -0.4 is 15.5 Å². The zero-order chi connectivity index (χ0) is 19.8. The molecular weight excluding hydrogens is 477 g/mol. The molecule has 0 saturated carbocycles. The zero-order valence-electron chi connectivity index (χ0n) is 17.8. The van der Waals surface area contributed by atoms with Gasteiger partial charge in [-0.05, 0) is 43.7 Å². The lowest BCUT2D eigenvalue weighted by atomic mass is 10.2. The first-order chi connectivity index (χ1) is 13.7. The van der Waals surface area contributed by atoms with E-state index in [4.69, 9.17) is 0 Å². The molecule has 1 aromatic heterocycles. The third kappa shape index (κ3) is 7.18. The van der Waals surface area contributed by atoms with Crippen molar-refractivity contribution < 1.29 is 0 Å². The van der Waals surface area contributed by atoms with Gasteiger partial charge in [0, 0.05) is 58.7 Å². The molecule has 160 valence electrons. The highest BCUT2D eigenvalue weighted by atomic mass is 127. The average molecular weight is 511 g/mol. The number of aryl methyl sites for hydroxylation is 2. The molecule has 3 rings (SSSR count). The maximum Gasteiger partial charge on any atom is 0.191 e. The Labute approximate surface area is 191 Å². The van der Waals surface area contributed by atoms with Crippen LogP contribution >= 0.6 is 24.0 Å². The van der Waals surface area contributed by atoms with Crippen molar-refractivity contribution in [3.63, 3.8) is 0 Å². The first-order valence-corrected chi connectivity index (χ1v) is 10.1. The Morgan fingerprint density at radius 1 is 1.14 bits per heavy atom. The molecule has 0 radical (unpaired) electrons. The summed E-state index contributed by atoms with van der Waals surface area (Å²) in [6.07, 6.45) is 2.92. The van der Waals surface area contributed by atoms with Crippen LogP contribution in [0.1, 0.15) is 17.7 Å². The van der Waals surface area contributed by atoms with E-state index in [1.54, 1.807) is 0 Å². The summed E-state index contributed by atoms with van der Waals surface area (Å²) in [5, 5.41) is 10.9. The second kappa shape index (κ2) is 12.0. The Kier molecular flexibility index (Phi) is 9.72. The second-order valence-corrected chi connectivity index (χ2v) is 7.32. The smallest absolute Gasteiger partial charge is 0.191 e. The number of nitrogens with zero attached hydrogens (tertiary/aromatic N) is 5. The van der Waals surface area contributed by atoms with Crippen molar-refractivity contribution in [2.45, 2.75) is 19.9 Å². The van der Waals surface area contributed by atoms with Gasteiger partial charge in [-0.3, -0.25) is 14.6 Å². The fourth-order valence-corrected chi connectivity index (χ4v) is 3.53. The van der Waals surface area contributed by atoms with Crippen molar-refractivity contribution in [3.05, 3.63) is 47.8 Å². The van der Waals surface area contributed by atoms with Crippen LogP contribution in [0.15, 0.2) is 41.5 Å². The van der Waals surface area contributed by atoms with E-state index in [2.05, 4.69) is 61.7 Å². The van der Waals surface area contributed by atoms with E-state index in [0.29, 0.717) is 0 Å². The molecule has 8 heteroatoms. The number of hydrogen-bond donors (Lipinski definition) is 2. The monoisotopic (exact) mass is 511 g/mol. The van der Waals surface area contributed by atoms with Crippen LogP contribution in [0.4, 0.5) is 5.69 Å². The summed E-state index contributed by atoms with van der Waals surface area (Å²) in [5.41, 5.74) is 3.82. The van der Waals surface area contributed by atoms with Gasteiger partial charge in [-0.2, -0.15) is 5.10 Å². The minimum absolute atomic E-state index is 0.